The van der Waals surface area contributed by atoms with Crippen LogP contribution in [0.3, 0.4) is 0 Å². The maximum absolute atomic E-state index is 13.7. The number of nitrogens with zero attached hydrogens (tertiary/aromatic N) is 2. The fourth-order valence-corrected chi connectivity index (χ4v) is 3.83. The van der Waals surface area contributed by atoms with Gasteiger partial charge in [-0.15, -0.1) is 12.4 Å². The topological polar surface area (TPSA) is 35.6 Å². The number of halogens is 1. The van der Waals surface area contributed by atoms with E-state index in [1.807, 2.05) is 55.5 Å². The number of hydrogen-bond donors (Lipinski definition) is 1. The highest BCUT2D eigenvalue weighted by molar-refractivity contribution is 6.09. The lowest BCUT2D eigenvalue weighted by Crippen LogP contribution is -2.49. The first-order valence-corrected chi connectivity index (χ1v) is 9.19. The van der Waals surface area contributed by atoms with Crippen LogP contribution in [0.15, 0.2) is 54.6 Å². The molecule has 0 saturated carbocycles. The van der Waals surface area contributed by atoms with Gasteiger partial charge in [-0.25, -0.2) is 10.0 Å². The minimum atomic E-state index is -0.666. The van der Waals surface area contributed by atoms with Crippen molar-refractivity contribution < 1.29 is 4.79 Å². The molecule has 3 rings (SSSR count). The van der Waals surface area contributed by atoms with E-state index < -0.39 is 5.41 Å². The Morgan fingerprint density at radius 3 is 2.19 bits per heavy atom. The molecule has 0 fully saturated rings. The average Bonchev–Trinajstić information content (AvgIpc) is 2.84. The number of para-hydroxylation sites is 1. The molecular formula is C22H30ClN3O. The average molecular weight is 388 g/mol. The summed E-state index contributed by atoms with van der Waals surface area (Å²) in [4.78, 5) is 13.7. The summed E-state index contributed by atoms with van der Waals surface area (Å²) in [5.41, 5.74) is 2.46. The van der Waals surface area contributed by atoms with Gasteiger partial charge in [0.25, 0.3) is 5.91 Å². The van der Waals surface area contributed by atoms with Crippen LogP contribution >= 0.6 is 12.4 Å². The molecule has 1 aliphatic heterocycles. The molecular weight excluding hydrogens is 358 g/mol. The number of fused-ring (bicyclic) bond motifs is 1. The van der Waals surface area contributed by atoms with Crippen molar-refractivity contribution in [3.8, 4) is 0 Å². The van der Waals surface area contributed by atoms with E-state index in [2.05, 4.69) is 44.3 Å². The number of carbonyl (C=O) groups is 1. The molecule has 0 saturated heterocycles. The van der Waals surface area contributed by atoms with E-state index in [1.54, 1.807) is 5.01 Å². The Kier molecular flexibility index (Phi) is 6.35. The molecule has 1 unspecified atom stereocenters. The van der Waals surface area contributed by atoms with Crippen LogP contribution in [0.4, 0.5) is 5.69 Å². The zero-order valence-corrected chi connectivity index (χ0v) is 17.6. The van der Waals surface area contributed by atoms with Gasteiger partial charge in [-0.1, -0.05) is 48.5 Å². The molecule has 0 spiro atoms. The van der Waals surface area contributed by atoms with E-state index in [1.165, 1.54) is 0 Å². The van der Waals surface area contributed by atoms with Crippen molar-refractivity contribution in [3.05, 3.63) is 65.7 Å². The van der Waals surface area contributed by atoms with Gasteiger partial charge in [0.15, 0.2) is 0 Å². The molecule has 4 nitrogen and oxygen atoms in total. The van der Waals surface area contributed by atoms with Crippen molar-refractivity contribution >= 4 is 24.0 Å². The summed E-state index contributed by atoms with van der Waals surface area (Å²) in [6.45, 7) is 7.22. The molecule has 27 heavy (non-hydrogen) atoms. The van der Waals surface area contributed by atoms with Crippen LogP contribution in [0.25, 0.3) is 0 Å². The summed E-state index contributed by atoms with van der Waals surface area (Å²) in [6, 6.07) is 18.3. The van der Waals surface area contributed by atoms with Gasteiger partial charge in [-0.2, -0.15) is 0 Å². The molecule has 146 valence electrons. The first kappa shape index (κ1) is 21.4. The van der Waals surface area contributed by atoms with Gasteiger partial charge in [-0.3, -0.25) is 4.79 Å². The van der Waals surface area contributed by atoms with E-state index in [0.717, 1.165) is 23.4 Å². The Balaban J connectivity index is 0.00000261. The third-order valence-electron chi connectivity index (χ3n) is 4.97. The monoisotopic (exact) mass is 387 g/mol. The van der Waals surface area contributed by atoms with Crippen molar-refractivity contribution in [1.82, 2.24) is 10.3 Å². The summed E-state index contributed by atoms with van der Waals surface area (Å²) in [7, 11) is 3.84. The molecule has 0 aliphatic carbocycles. The molecule has 1 atom stereocenters. The van der Waals surface area contributed by atoms with Gasteiger partial charge in [0.05, 0.1) is 5.69 Å². The first-order chi connectivity index (χ1) is 12.3. The Hall–Kier alpha value is -1.88. The molecule has 1 aliphatic rings. The van der Waals surface area contributed by atoms with Crippen LogP contribution in [0.1, 0.15) is 38.3 Å². The molecule has 2 aromatic carbocycles. The Bertz CT molecular complexity index is 786. The Labute approximate surface area is 168 Å². The summed E-state index contributed by atoms with van der Waals surface area (Å²) >= 11 is 0. The summed E-state index contributed by atoms with van der Waals surface area (Å²) in [5, 5.41) is 7.24. The predicted molar refractivity (Wildman–Crippen MR) is 114 cm³/mol. The standard InChI is InChI=1S/C22H29N3O.ClH/c1-21(2,3)23-16-15-22(17-11-7-6-8-12-17)18-13-9-10-14-19(18)25(20(22)26)24(4)5;/h6-14,23H,15-16H2,1-5H3;1H. The molecule has 0 radical (unpaired) electrons. The number of hydrogen-bond acceptors (Lipinski definition) is 3. The van der Waals surface area contributed by atoms with Gasteiger partial charge in [0, 0.05) is 19.6 Å². The highest BCUT2D eigenvalue weighted by Crippen LogP contribution is 2.48. The second-order valence-electron chi connectivity index (χ2n) is 8.18. The van der Waals surface area contributed by atoms with E-state index in [9.17, 15) is 4.79 Å². The second kappa shape index (κ2) is 8.01. The third kappa shape index (κ3) is 3.88. The third-order valence-corrected chi connectivity index (χ3v) is 4.97. The Morgan fingerprint density at radius 2 is 1.59 bits per heavy atom. The summed E-state index contributed by atoms with van der Waals surface area (Å²) < 4.78 is 0. The minimum absolute atomic E-state index is 0. The highest BCUT2D eigenvalue weighted by atomic mass is 35.5. The van der Waals surface area contributed by atoms with Crippen LogP contribution in [0.5, 0.6) is 0 Å². The molecule has 1 amide bonds. The number of nitrogens with one attached hydrogen (secondary N) is 1. The van der Waals surface area contributed by atoms with Crippen molar-refractivity contribution in [2.24, 2.45) is 0 Å². The number of carbonyl (C=O) groups excluding carboxylic acids is 1. The van der Waals surface area contributed by atoms with Crippen molar-refractivity contribution in [2.45, 2.75) is 38.1 Å². The van der Waals surface area contributed by atoms with Gasteiger partial charge < -0.3 is 5.32 Å². The smallest absolute Gasteiger partial charge is 0.256 e. The largest absolute Gasteiger partial charge is 0.312 e. The quantitative estimate of drug-likeness (QED) is 0.842. The lowest BCUT2D eigenvalue weighted by Gasteiger charge is -2.32. The number of amides is 1. The van der Waals surface area contributed by atoms with Crippen molar-refractivity contribution in [1.29, 1.82) is 0 Å². The number of rotatable bonds is 5. The maximum atomic E-state index is 13.7. The fraction of sp³-hybridized carbons (Fsp3) is 0.409. The number of hydrazine groups is 1. The molecule has 5 heteroatoms. The zero-order valence-electron chi connectivity index (χ0n) is 16.8. The van der Waals surface area contributed by atoms with Crippen molar-refractivity contribution in [2.75, 3.05) is 25.6 Å². The normalized spacial score (nSPS) is 19.2. The summed E-state index contributed by atoms with van der Waals surface area (Å²) in [6.07, 6.45) is 0.717. The van der Waals surface area contributed by atoms with Gasteiger partial charge >= 0.3 is 0 Å². The molecule has 0 bridgehead atoms. The maximum Gasteiger partial charge on any atom is 0.256 e. The van der Waals surface area contributed by atoms with E-state index >= 15 is 0 Å². The van der Waals surface area contributed by atoms with Crippen molar-refractivity contribution in [3.63, 3.8) is 0 Å². The van der Waals surface area contributed by atoms with Gasteiger partial charge in [0.1, 0.15) is 5.41 Å². The molecule has 1 heterocycles. The van der Waals surface area contributed by atoms with Crippen LogP contribution in [0.2, 0.25) is 0 Å². The van der Waals surface area contributed by atoms with Gasteiger partial charge in [0.2, 0.25) is 0 Å². The number of anilines is 1. The predicted octanol–water partition coefficient (Wildman–Crippen LogP) is 4.00. The van der Waals surface area contributed by atoms with Crippen LogP contribution < -0.4 is 10.3 Å². The van der Waals surface area contributed by atoms with Crippen LogP contribution in [-0.4, -0.2) is 37.1 Å². The SMILES string of the molecule is CN(C)N1C(=O)C(CCNC(C)(C)C)(c2ccccc2)c2ccccc21.Cl. The second-order valence-corrected chi connectivity index (χ2v) is 8.18. The van der Waals surface area contributed by atoms with Gasteiger partial charge in [-0.05, 0) is 50.9 Å². The molecule has 1 N–H and O–H groups in total. The highest BCUT2D eigenvalue weighted by Gasteiger charge is 2.52. The molecule has 0 aromatic heterocycles. The number of benzene rings is 2. The van der Waals surface area contributed by atoms with Crippen LogP contribution in [-0.2, 0) is 10.2 Å². The van der Waals surface area contributed by atoms with E-state index in [4.69, 9.17) is 0 Å². The first-order valence-electron chi connectivity index (χ1n) is 9.19. The fourth-order valence-electron chi connectivity index (χ4n) is 3.83. The van der Waals surface area contributed by atoms with E-state index in [0.29, 0.717) is 6.42 Å². The summed E-state index contributed by atoms with van der Waals surface area (Å²) in [5.74, 6) is 0.116. The van der Waals surface area contributed by atoms with Crippen LogP contribution in [0, 0.1) is 0 Å². The van der Waals surface area contributed by atoms with E-state index in [-0.39, 0.29) is 23.9 Å². The molecule has 2 aromatic rings. The minimum Gasteiger partial charge on any atom is -0.312 e. The Morgan fingerprint density at radius 1 is 1.00 bits per heavy atom. The zero-order chi connectivity index (χ0) is 18.9. The lowest BCUT2D eigenvalue weighted by molar-refractivity contribution is -0.124. The lowest BCUT2D eigenvalue weighted by atomic mass is 9.72.